The summed E-state index contributed by atoms with van der Waals surface area (Å²) < 4.78 is 6.17. The molecule has 8 heteroatoms. The van der Waals surface area contributed by atoms with Gasteiger partial charge in [-0.2, -0.15) is 5.10 Å². The molecule has 2 fully saturated rings. The summed E-state index contributed by atoms with van der Waals surface area (Å²) in [7, 11) is 0. The van der Waals surface area contributed by atoms with Gasteiger partial charge < -0.3 is 14.5 Å². The third kappa shape index (κ3) is 4.17. The number of nitrogens with one attached hydrogen (secondary N) is 1. The molecule has 2 saturated heterocycles. The number of H-pyrrole nitrogens is 1. The minimum absolute atomic E-state index is 0.756. The summed E-state index contributed by atoms with van der Waals surface area (Å²) in [5.41, 5.74) is 4.18. The fraction of sp³-hybridized carbons (Fsp3) is 0.522. The van der Waals surface area contributed by atoms with E-state index in [2.05, 4.69) is 60.0 Å². The number of anilines is 2. The molecule has 0 saturated carbocycles. The number of aryl methyl sites for hydroxylation is 2. The molecule has 5 rings (SSSR count). The van der Waals surface area contributed by atoms with Crippen LogP contribution in [0.15, 0.2) is 24.5 Å². The van der Waals surface area contributed by atoms with Crippen molar-refractivity contribution in [2.45, 2.75) is 26.7 Å². The summed E-state index contributed by atoms with van der Waals surface area (Å²) in [5.74, 6) is 1.98. The van der Waals surface area contributed by atoms with Crippen LogP contribution < -0.4 is 14.5 Å². The van der Waals surface area contributed by atoms with Crippen LogP contribution >= 0.6 is 0 Å². The number of hydrogen-bond donors (Lipinski definition) is 1. The van der Waals surface area contributed by atoms with Gasteiger partial charge in [0, 0.05) is 44.5 Å². The molecule has 164 valence electrons. The molecule has 1 N–H and O–H groups in total. The van der Waals surface area contributed by atoms with Gasteiger partial charge in [0.1, 0.15) is 24.5 Å². The Balaban J connectivity index is 1.23. The van der Waals surface area contributed by atoms with E-state index in [-0.39, 0.29) is 0 Å². The average molecular weight is 422 g/mol. The first-order valence-electron chi connectivity index (χ1n) is 11.3. The number of aromatic nitrogens is 4. The molecule has 1 aromatic carbocycles. The number of piperazine rings is 1. The van der Waals surface area contributed by atoms with Crippen LogP contribution in [0.5, 0.6) is 5.75 Å². The Kier molecular flexibility index (Phi) is 5.63. The summed E-state index contributed by atoms with van der Waals surface area (Å²) in [4.78, 5) is 16.1. The molecular weight excluding hydrogens is 390 g/mol. The fourth-order valence-electron chi connectivity index (χ4n) is 4.64. The molecule has 0 amide bonds. The smallest absolute Gasteiger partial charge is 0.160 e. The Hall–Kier alpha value is -2.87. The van der Waals surface area contributed by atoms with Gasteiger partial charge in [-0.15, -0.1) is 0 Å². The largest absolute Gasteiger partial charge is 0.492 e. The first kappa shape index (κ1) is 20.1. The highest BCUT2D eigenvalue weighted by Crippen LogP contribution is 2.29. The number of aromatic amines is 1. The van der Waals surface area contributed by atoms with E-state index in [4.69, 9.17) is 4.74 Å². The van der Waals surface area contributed by atoms with E-state index in [9.17, 15) is 0 Å². The number of likely N-dealkylation sites (tertiary alicyclic amines) is 1. The molecule has 8 nitrogen and oxygen atoms in total. The van der Waals surface area contributed by atoms with Gasteiger partial charge in [0.2, 0.25) is 0 Å². The van der Waals surface area contributed by atoms with Crippen molar-refractivity contribution in [2.75, 3.05) is 62.2 Å². The number of fused-ring (bicyclic) bond motifs is 1. The second-order valence-electron chi connectivity index (χ2n) is 8.55. The first-order valence-corrected chi connectivity index (χ1v) is 11.3. The molecule has 0 radical (unpaired) electrons. The quantitative estimate of drug-likeness (QED) is 0.656. The Labute approximate surface area is 183 Å². The van der Waals surface area contributed by atoms with Crippen molar-refractivity contribution in [3.63, 3.8) is 0 Å². The van der Waals surface area contributed by atoms with Gasteiger partial charge in [-0.1, -0.05) is 6.07 Å². The minimum atomic E-state index is 0.756. The van der Waals surface area contributed by atoms with Crippen LogP contribution in [0, 0.1) is 13.8 Å². The second-order valence-corrected chi connectivity index (χ2v) is 8.55. The number of benzene rings is 1. The van der Waals surface area contributed by atoms with Gasteiger partial charge in [-0.05, 0) is 51.4 Å². The molecule has 0 atom stereocenters. The zero-order valence-corrected chi connectivity index (χ0v) is 18.5. The van der Waals surface area contributed by atoms with Crippen molar-refractivity contribution in [3.8, 4) is 5.75 Å². The second kappa shape index (κ2) is 8.70. The Morgan fingerprint density at radius 2 is 1.74 bits per heavy atom. The predicted molar refractivity (Wildman–Crippen MR) is 123 cm³/mol. The van der Waals surface area contributed by atoms with Crippen LogP contribution in [0.1, 0.15) is 24.1 Å². The monoisotopic (exact) mass is 421 g/mol. The number of nitrogens with zero attached hydrogens (tertiary/aromatic N) is 6. The van der Waals surface area contributed by atoms with E-state index in [0.717, 1.165) is 67.6 Å². The van der Waals surface area contributed by atoms with E-state index in [1.165, 1.54) is 37.2 Å². The van der Waals surface area contributed by atoms with Crippen LogP contribution in [0.25, 0.3) is 11.0 Å². The Bertz CT molecular complexity index is 1040. The van der Waals surface area contributed by atoms with Crippen LogP contribution in [0.2, 0.25) is 0 Å². The summed E-state index contributed by atoms with van der Waals surface area (Å²) in [6.07, 6.45) is 4.26. The first-order chi connectivity index (χ1) is 15.2. The third-order valence-corrected chi connectivity index (χ3v) is 6.50. The van der Waals surface area contributed by atoms with Crippen LogP contribution in [-0.4, -0.2) is 77.5 Å². The van der Waals surface area contributed by atoms with Crippen LogP contribution in [0.4, 0.5) is 11.5 Å². The maximum Gasteiger partial charge on any atom is 0.160 e. The maximum atomic E-state index is 6.17. The maximum absolute atomic E-state index is 6.17. The van der Waals surface area contributed by atoms with E-state index < -0.39 is 0 Å². The lowest BCUT2D eigenvalue weighted by molar-refractivity contribution is 0.237. The Morgan fingerprint density at radius 3 is 2.55 bits per heavy atom. The van der Waals surface area contributed by atoms with Crippen molar-refractivity contribution in [3.05, 3.63) is 35.8 Å². The van der Waals surface area contributed by atoms with Crippen LogP contribution in [0.3, 0.4) is 0 Å². The van der Waals surface area contributed by atoms with Gasteiger partial charge in [0.15, 0.2) is 5.65 Å². The summed E-state index contributed by atoms with van der Waals surface area (Å²) >= 11 is 0. The number of rotatable bonds is 6. The van der Waals surface area contributed by atoms with Gasteiger partial charge >= 0.3 is 0 Å². The van der Waals surface area contributed by atoms with E-state index in [1.807, 2.05) is 6.92 Å². The summed E-state index contributed by atoms with van der Waals surface area (Å²) in [6.45, 7) is 12.0. The van der Waals surface area contributed by atoms with Crippen LogP contribution in [-0.2, 0) is 0 Å². The zero-order chi connectivity index (χ0) is 21.2. The standard InChI is InChI=1S/C23H31N7O/c1-17-5-6-19(15-20(17)31-14-13-28-7-3-4-8-28)29-9-11-30(12-10-29)23-21-18(2)26-27-22(21)24-16-25-23/h5-6,15-16H,3-4,7-14H2,1-2H3,(H,24,25,26,27). The zero-order valence-electron chi connectivity index (χ0n) is 18.5. The van der Waals surface area contributed by atoms with E-state index in [0.29, 0.717) is 0 Å². The topological polar surface area (TPSA) is 73.4 Å². The van der Waals surface area contributed by atoms with Gasteiger partial charge in [-0.3, -0.25) is 10.00 Å². The predicted octanol–water partition coefficient (Wildman–Crippen LogP) is 2.77. The van der Waals surface area contributed by atoms with Crippen molar-refractivity contribution in [1.82, 2.24) is 25.1 Å². The molecule has 0 aliphatic carbocycles. The lowest BCUT2D eigenvalue weighted by atomic mass is 10.1. The average Bonchev–Trinajstić information content (AvgIpc) is 3.45. The molecule has 31 heavy (non-hydrogen) atoms. The van der Waals surface area contributed by atoms with Gasteiger partial charge in [-0.25, -0.2) is 9.97 Å². The normalized spacial score (nSPS) is 17.6. The SMILES string of the molecule is Cc1ccc(N2CCN(c3ncnc4[nH]nc(C)c34)CC2)cc1OCCN1CCCC1. The molecule has 0 bridgehead atoms. The number of hydrogen-bond acceptors (Lipinski definition) is 7. The van der Waals surface area contributed by atoms with Crippen molar-refractivity contribution < 1.29 is 4.74 Å². The van der Waals surface area contributed by atoms with Gasteiger partial charge in [0.25, 0.3) is 0 Å². The summed E-state index contributed by atoms with van der Waals surface area (Å²) in [5, 5.41) is 8.32. The van der Waals surface area contributed by atoms with Crippen molar-refractivity contribution in [1.29, 1.82) is 0 Å². The highest BCUT2D eigenvalue weighted by molar-refractivity contribution is 5.89. The van der Waals surface area contributed by atoms with Gasteiger partial charge in [0.05, 0.1) is 11.1 Å². The highest BCUT2D eigenvalue weighted by atomic mass is 16.5. The lowest BCUT2D eigenvalue weighted by Gasteiger charge is -2.37. The molecule has 4 heterocycles. The lowest BCUT2D eigenvalue weighted by Crippen LogP contribution is -2.47. The molecule has 2 aromatic heterocycles. The molecule has 0 unspecified atom stereocenters. The summed E-state index contributed by atoms with van der Waals surface area (Å²) in [6, 6.07) is 6.59. The number of ether oxygens (including phenoxy) is 1. The molecule has 3 aromatic rings. The molecule has 0 spiro atoms. The highest BCUT2D eigenvalue weighted by Gasteiger charge is 2.22. The van der Waals surface area contributed by atoms with E-state index >= 15 is 0 Å². The third-order valence-electron chi connectivity index (χ3n) is 6.50. The minimum Gasteiger partial charge on any atom is -0.492 e. The molecule has 2 aliphatic heterocycles. The van der Waals surface area contributed by atoms with Crippen molar-refractivity contribution in [2.24, 2.45) is 0 Å². The van der Waals surface area contributed by atoms with E-state index in [1.54, 1.807) is 6.33 Å². The molecule has 2 aliphatic rings. The fourth-order valence-corrected chi connectivity index (χ4v) is 4.64. The Morgan fingerprint density at radius 1 is 0.968 bits per heavy atom. The molecular formula is C23H31N7O. The van der Waals surface area contributed by atoms with Crippen molar-refractivity contribution >= 4 is 22.5 Å².